The van der Waals surface area contributed by atoms with Gasteiger partial charge in [0.05, 0.1) is 23.1 Å². The Morgan fingerprint density at radius 1 is 1.42 bits per heavy atom. The van der Waals surface area contributed by atoms with Crippen LogP contribution in [0.25, 0.3) is 0 Å². The van der Waals surface area contributed by atoms with Crippen molar-refractivity contribution in [3.05, 3.63) is 11.4 Å². The van der Waals surface area contributed by atoms with E-state index in [-0.39, 0.29) is 5.60 Å². The van der Waals surface area contributed by atoms with Crippen LogP contribution >= 0.6 is 0 Å². The Kier molecular flexibility index (Phi) is 3.62. The third-order valence-corrected chi connectivity index (χ3v) is 8.06. The number of sulfonamides is 1. The highest BCUT2D eigenvalue weighted by atomic mass is 32.2. The SMILES string of the molecule is Cc1n[nH]c(C)c1S(=O)(=O)N1C[C@H]2[C@@H](CN(C)C)[C@@H]3CC[C@@]2(C1)O3. The number of nitrogens with one attached hydrogen (secondary N) is 1. The van der Waals surface area contributed by atoms with Gasteiger partial charge in [-0.2, -0.15) is 9.40 Å². The minimum atomic E-state index is -3.53. The molecule has 3 fully saturated rings. The van der Waals surface area contributed by atoms with Crippen molar-refractivity contribution in [2.75, 3.05) is 33.7 Å². The van der Waals surface area contributed by atoms with Crippen molar-refractivity contribution < 1.29 is 13.2 Å². The lowest BCUT2D eigenvalue weighted by Gasteiger charge is -2.31. The maximum atomic E-state index is 13.2. The Balaban J connectivity index is 1.65. The van der Waals surface area contributed by atoms with Crippen molar-refractivity contribution in [1.29, 1.82) is 0 Å². The molecule has 1 spiro atoms. The second kappa shape index (κ2) is 5.27. The summed E-state index contributed by atoms with van der Waals surface area (Å²) >= 11 is 0. The van der Waals surface area contributed by atoms with E-state index in [9.17, 15) is 8.42 Å². The van der Waals surface area contributed by atoms with Gasteiger partial charge in [0.1, 0.15) is 4.90 Å². The van der Waals surface area contributed by atoms with Gasteiger partial charge in [-0.1, -0.05) is 0 Å². The number of hydrogen-bond acceptors (Lipinski definition) is 5. The van der Waals surface area contributed by atoms with Crippen molar-refractivity contribution in [3.8, 4) is 0 Å². The molecule has 24 heavy (non-hydrogen) atoms. The molecule has 3 aliphatic heterocycles. The minimum absolute atomic E-state index is 0.274. The smallest absolute Gasteiger partial charge is 0.246 e. The summed E-state index contributed by atoms with van der Waals surface area (Å²) in [5.74, 6) is 0.710. The van der Waals surface area contributed by atoms with Crippen molar-refractivity contribution in [1.82, 2.24) is 19.4 Å². The lowest BCUT2D eigenvalue weighted by atomic mass is 9.73. The van der Waals surface area contributed by atoms with Crippen molar-refractivity contribution in [2.45, 2.75) is 43.3 Å². The van der Waals surface area contributed by atoms with Gasteiger partial charge >= 0.3 is 0 Å². The van der Waals surface area contributed by atoms with Crippen molar-refractivity contribution in [2.24, 2.45) is 11.8 Å². The first-order valence-corrected chi connectivity index (χ1v) is 10.0. The summed E-state index contributed by atoms with van der Waals surface area (Å²) in [6.07, 6.45) is 2.31. The zero-order chi connectivity index (χ0) is 17.3. The second-order valence-electron chi connectivity index (χ2n) is 7.85. The standard InChI is InChI=1S/C16H26N4O3S/c1-10-15(11(2)18-17-10)24(21,22)20-8-13-12(7-19(3)4)14-5-6-16(13,9-20)23-14/h12-14H,5-9H2,1-4H3,(H,17,18)/t12-,13+,14+,16+/m1/s1. The monoisotopic (exact) mass is 354 g/mol. The highest BCUT2D eigenvalue weighted by Gasteiger charge is 2.64. The van der Waals surface area contributed by atoms with Crippen LogP contribution in [0.15, 0.2) is 4.90 Å². The maximum absolute atomic E-state index is 13.2. The average molecular weight is 354 g/mol. The lowest BCUT2D eigenvalue weighted by Crippen LogP contribution is -2.40. The van der Waals surface area contributed by atoms with Gasteiger partial charge in [-0.25, -0.2) is 8.42 Å². The zero-order valence-corrected chi connectivity index (χ0v) is 15.6. The highest BCUT2D eigenvalue weighted by molar-refractivity contribution is 7.89. The lowest BCUT2D eigenvalue weighted by molar-refractivity contribution is 0.00739. The summed E-state index contributed by atoms with van der Waals surface area (Å²) in [6, 6.07) is 0. The predicted molar refractivity (Wildman–Crippen MR) is 89.2 cm³/mol. The minimum Gasteiger partial charge on any atom is -0.370 e. The maximum Gasteiger partial charge on any atom is 0.246 e. The number of nitrogens with zero attached hydrogens (tertiary/aromatic N) is 3. The van der Waals surface area contributed by atoms with Crippen LogP contribution in [0, 0.1) is 25.7 Å². The van der Waals surface area contributed by atoms with Crippen LogP contribution < -0.4 is 0 Å². The van der Waals surface area contributed by atoms with Crippen molar-refractivity contribution in [3.63, 3.8) is 0 Å². The van der Waals surface area contributed by atoms with Gasteiger partial charge in [0, 0.05) is 31.5 Å². The number of hydrogen-bond donors (Lipinski definition) is 1. The second-order valence-corrected chi connectivity index (χ2v) is 9.73. The molecule has 1 aromatic rings. The molecule has 2 bridgehead atoms. The molecule has 1 aromatic heterocycles. The van der Waals surface area contributed by atoms with Gasteiger partial charge in [0.25, 0.3) is 0 Å². The van der Waals surface area contributed by atoms with E-state index in [4.69, 9.17) is 4.74 Å². The molecule has 3 aliphatic rings. The number of H-pyrrole nitrogens is 1. The third kappa shape index (κ3) is 2.20. The Labute approximate surface area is 143 Å². The Bertz CT molecular complexity index is 740. The van der Waals surface area contributed by atoms with Gasteiger partial charge in [0.15, 0.2) is 0 Å². The first-order chi connectivity index (χ1) is 11.2. The number of rotatable bonds is 4. The van der Waals surface area contributed by atoms with Crippen molar-refractivity contribution >= 4 is 10.0 Å². The summed E-state index contributed by atoms with van der Waals surface area (Å²) in [6.45, 7) is 5.49. The zero-order valence-electron chi connectivity index (χ0n) is 14.7. The summed E-state index contributed by atoms with van der Waals surface area (Å²) in [4.78, 5) is 2.52. The van der Waals surface area contributed by atoms with Crippen LogP contribution in [0.1, 0.15) is 24.2 Å². The van der Waals surface area contributed by atoms with Gasteiger partial charge in [-0.15, -0.1) is 0 Å². The number of ether oxygens (including phenoxy) is 1. The molecule has 1 N–H and O–H groups in total. The molecule has 0 radical (unpaired) electrons. The van der Waals surface area contributed by atoms with E-state index in [1.165, 1.54) is 0 Å². The van der Waals surface area contributed by atoms with Crippen LogP contribution in [-0.2, 0) is 14.8 Å². The summed E-state index contributed by atoms with van der Waals surface area (Å²) in [7, 11) is 0.605. The molecule has 0 saturated carbocycles. The Morgan fingerprint density at radius 3 is 2.79 bits per heavy atom. The average Bonchev–Trinajstić information content (AvgIpc) is 3.20. The van der Waals surface area contributed by atoms with E-state index >= 15 is 0 Å². The number of fused-ring (bicyclic) bond motifs is 1. The topological polar surface area (TPSA) is 78.5 Å². The molecule has 3 saturated heterocycles. The van der Waals surface area contributed by atoms with Crippen LogP contribution in [0.2, 0.25) is 0 Å². The fourth-order valence-electron chi connectivity index (χ4n) is 5.05. The number of aromatic amines is 1. The van der Waals surface area contributed by atoms with Crippen LogP contribution in [0.3, 0.4) is 0 Å². The van der Waals surface area contributed by atoms with Gasteiger partial charge in [0.2, 0.25) is 10.0 Å². The molecule has 7 nitrogen and oxygen atoms in total. The van der Waals surface area contributed by atoms with E-state index in [0.29, 0.717) is 47.3 Å². The van der Waals surface area contributed by atoms with E-state index in [0.717, 1.165) is 19.4 Å². The molecule has 0 aromatic carbocycles. The number of aryl methyl sites for hydroxylation is 2. The summed E-state index contributed by atoms with van der Waals surface area (Å²) < 4.78 is 34.3. The predicted octanol–water partition coefficient (Wildman–Crippen LogP) is 0.756. The van der Waals surface area contributed by atoms with E-state index in [1.54, 1.807) is 18.2 Å². The first-order valence-electron chi connectivity index (χ1n) is 8.59. The van der Waals surface area contributed by atoms with E-state index < -0.39 is 10.0 Å². The van der Waals surface area contributed by atoms with Crippen LogP contribution in [0.4, 0.5) is 0 Å². The fraction of sp³-hybridized carbons (Fsp3) is 0.812. The third-order valence-electron chi connectivity index (χ3n) is 5.99. The largest absolute Gasteiger partial charge is 0.370 e. The Morgan fingerprint density at radius 2 is 2.17 bits per heavy atom. The van der Waals surface area contributed by atoms with Crippen LogP contribution in [-0.4, -0.2) is 73.3 Å². The molecule has 4 rings (SSSR count). The van der Waals surface area contributed by atoms with Gasteiger partial charge in [-0.3, -0.25) is 5.10 Å². The molecular weight excluding hydrogens is 328 g/mol. The van der Waals surface area contributed by atoms with E-state index in [1.807, 2.05) is 0 Å². The molecule has 4 heterocycles. The molecule has 0 unspecified atom stereocenters. The number of aromatic nitrogens is 2. The summed E-state index contributed by atoms with van der Waals surface area (Å²) in [5, 5.41) is 6.85. The molecule has 134 valence electrons. The molecule has 8 heteroatoms. The highest BCUT2D eigenvalue weighted by Crippen LogP contribution is 2.55. The fourth-order valence-corrected chi connectivity index (χ4v) is 6.90. The van der Waals surface area contributed by atoms with E-state index in [2.05, 4.69) is 29.2 Å². The Hall–Kier alpha value is -0.960. The van der Waals surface area contributed by atoms with Gasteiger partial charge < -0.3 is 9.64 Å². The quantitative estimate of drug-likeness (QED) is 0.863. The molecule has 4 atom stereocenters. The molecule has 0 aliphatic carbocycles. The van der Waals surface area contributed by atoms with Gasteiger partial charge in [-0.05, 0) is 40.8 Å². The first kappa shape index (κ1) is 16.5. The van der Waals surface area contributed by atoms with Crippen LogP contribution in [0.5, 0.6) is 0 Å². The molecular formula is C16H26N4O3S. The summed E-state index contributed by atoms with van der Waals surface area (Å²) in [5.41, 5.74) is 0.874. The molecule has 0 amide bonds. The normalized spacial score (nSPS) is 36.0.